The quantitative estimate of drug-likeness (QED) is 0.698. The van der Waals surface area contributed by atoms with Crippen LogP contribution in [0.1, 0.15) is 12.0 Å². The number of amides is 1. The van der Waals surface area contributed by atoms with Crippen LogP contribution in [0.3, 0.4) is 0 Å². The third kappa shape index (κ3) is 7.06. The molecule has 0 aliphatic rings. The van der Waals surface area contributed by atoms with Gasteiger partial charge < -0.3 is 20.1 Å². The first-order valence-electron chi connectivity index (χ1n) is 6.76. The van der Waals surface area contributed by atoms with E-state index in [-0.39, 0.29) is 12.5 Å². The van der Waals surface area contributed by atoms with E-state index < -0.39 is 0 Å². The van der Waals surface area contributed by atoms with Crippen molar-refractivity contribution in [3.8, 4) is 5.75 Å². The number of nitrogens with zero attached hydrogens (tertiary/aromatic N) is 1. The van der Waals surface area contributed by atoms with Crippen molar-refractivity contribution in [2.45, 2.75) is 12.8 Å². The molecule has 0 heterocycles. The van der Waals surface area contributed by atoms with E-state index in [1.54, 1.807) is 19.1 Å². The molecule has 6 heteroatoms. The molecule has 0 bridgehead atoms. The van der Waals surface area contributed by atoms with E-state index >= 15 is 0 Å². The predicted octanol–water partition coefficient (Wildman–Crippen LogP) is 1.39. The molecular weight excluding hydrogens is 288 g/mol. The highest BCUT2D eigenvalue weighted by Gasteiger charge is 2.09. The maximum absolute atomic E-state index is 11.8. The van der Waals surface area contributed by atoms with Crippen LogP contribution in [-0.2, 0) is 16.0 Å². The Morgan fingerprint density at radius 1 is 1.33 bits per heavy atom. The van der Waals surface area contributed by atoms with Gasteiger partial charge in [0.05, 0.1) is 11.6 Å². The molecule has 0 saturated heterocycles. The lowest BCUT2D eigenvalue weighted by molar-refractivity contribution is -0.131. The summed E-state index contributed by atoms with van der Waals surface area (Å²) in [6.45, 7) is 1.20. The number of hydrogen-bond acceptors (Lipinski definition) is 4. The van der Waals surface area contributed by atoms with Crippen LogP contribution < -0.4 is 10.5 Å². The van der Waals surface area contributed by atoms with Crippen molar-refractivity contribution >= 4 is 23.1 Å². The molecular formula is C15H22N2O3S. The highest BCUT2D eigenvalue weighted by molar-refractivity contribution is 7.80. The molecule has 0 saturated carbocycles. The Labute approximate surface area is 131 Å². The number of methoxy groups -OCH3 is 1. The number of benzene rings is 1. The molecule has 0 radical (unpaired) electrons. The van der Waals surface area contributed by atoms with Crippen LogP contribution in [0.5, 0.6) is 5.75 Å². The third-order valence-corrected chi connectivity index (χ3v) is 3.20. The first-order chi connectivity index (χ1) is 10.0. The summed E-state index contributed by atoms with van der Waals surface area (Å²) in [4.78, 5) is 13.8. The molecule has 1 rings (SSSR count). The van der Waals surface area contributed by atoms with E-state index in [1.165, 1.54) is 5.56 Å². The smallest absolute Gasteiger partial charge is 0.260 e. The number of carbonyl (C=O) groups excluding carboxylic acids is 1. The standard InChI is InChI=1S/C15H22N2O3S/c1-17(9-7-14(16)21)15(18)11-20-13-5-3-12(4-6-13)8-10-19-2/h3-6H,7-11H2,1-2H3,(H2,16,21). The Balaban J connectivity index is 2.36. The van der Waals surface area contributed by atoms with Gasteiger partial charge in [-0.05, 0) is 24.1 Å². The fourth-order valence-corrected chi connectivity index (χ4v) is 1.72. The van der Waals surface area contributed by atoms with Crippen molar-refractivity contribution in [1.29, 1.82) is 0 Å². The van der Waals surface area contributed by atoms with Gasteiger partial charge in [-0.25, -0.2) is 0 Å². The van der Waals surface area contributed by atoms with Gasteiger partial charge in [-0.15, -0.1) is 0 Å². The van der Waals surface area contributed by atoms with Gasteiger partial charge in [-0.2, -0.15) is 0 Å². The van der Waals surface area contributed by atoms with Gasteiger partial charge in [0.2, 0.25) is 0 Å². The molecule has 116 valence electrons. The fourth-order valence-electron chi connectivity index (χ4n) is 1.63. The summed E-state index contributed by atoms with van der Waals surface area (Å²) in [5.41, 5.74) is 6.58. The van der Waals surface area contributed by atoms with Gasteiger partial charge in [-0.1, -0.05) is 24.4 Å². The van der Waals surface area contributed by atoms with Gasteiger partial charge in [0.1, 0.15) is 5.75 Å². The van der Waals surface area contributed by atoms with Crippen molar-refractivity contribution < 1.29 is 14.3 Å². The average Bonchev–Trinajstić information content (AvgIpc) is 2.49. The number of hydrogen-bond donors (Lipinski definition) is 1. The number of rotatable bonds is 9. The van der Waals surface area contributed by atoms with Gasteiger partial charge in [0.25, 0.3) is 5.91 Å². The Bertz CT molecular complexity index is 462. The normalized spacial score (nSPS) is 10.2. The Morgan fingerprint density at radius 2 is 2.00 bits per heavy atom. The van der Waals surface area contributed by atoms with Crippen LogP contribution in [0.25, 0.3) is 0 Å². The first-order valence-corrected chi connectivity index (χ1v) is 7.16. The van der Waals surface area contributed by atoms with Crippen molar-refractivity contribution in [3.05, 3.63) is 29.8 Å². The summed E-state index contributed by atoms with van der Waals surface area (Å²) in [5, 5.41) is 0. The Morgan fingerprint density at radius 3 is 2.57 bits per heavy atom. The lowest BCUT2D eigenvalue weighted by Gasteiger charge is -2.17. The molecule has 1 aromatic rings. The minimum atomic E-state index is -0.102. The minimum Gasteiger partial charge on any atom is -0.484 e. The summed E-state index contributed by atoms with van der Waals surface area (Å²) in [5.74, 6) is 0.571. The summed E-state index contributed by atoms with van der Waals surface area (Å²) >= 11 is 4.78. The zero-order chi connectivity index (χ0) is 15.7. The first kappa shape index (κ1) is 17.4. The van der Waals surface area contributed by atoms with Crippen LogP contribution >= 0.6 is 12.2 Å². The summed E-state index contributed by atoms with van der Waals surface area (Å²) in [6, 6.07) is 7.64. The molecule has 0 aliphatic carbocycles. The van der Waals surface area contributed by atoms with E-state index in [1.807, 2.05) is 24.3 Å². The second kappa shape index (κ2) is 9.31. The maximum atomic E-state index is 11.8. The summed E-state index contributed by atoms with van der Waals surface area (Å²) in [6.07, 6.45) is 1.38. The summed E-state index contributed by atoms with van der Waals surface area (Å²) < 4.78 is 10.5. The number of ether oxygens (including phenoxy) is 2. The Hall–Kier alpha value is -1.66. The molecule has 21 heavy (non-hydrogen) atoms. The second-order valence-corrected chi connectivity index (χ2v) is 5.23. The van der Waals surface area contributed by atoms with Crippen LogP contribution in [-0.4, -0.2) is 49.7 Å². The molecule has 1 aromatic carbocycles. The van der Waals surface area contributed by atoms with Crippen molar-refractivity contribution in [3.63, 3.8) is 0 Å². The van der Waals surface area contributed by atoms with Crippen molar-refractivity contribution in [1.82, 2.24) is 4.90 Å². The average molecular weight is 310 g/mol. The maximum Gasteiger partial charge on any atom is 0.260 e. The van der Waals surface area contributed by atoms with E-state index in [9.17, 15) is 4.79 Å². The van der Waals surface area contributed by atoms with Crippen LogP contribution in [0, 0.1) is 0 Å². The largest absolute Gasteiger partial charge is 0.484 e. The number of nitrogens with two attached hydrogens (primary N) is 1. The molecule has 0 unspecified atom stereocenters. The molecule has 2 N–H and O–H groups in total. The van der Waals surface area contributed by atoms with E-state index in [0.717, 1.165) is 6.42 Å². The number of thiocarbonyl (C=S) groups is 1. The molecule has 5 nitrogen and oxygen atoms in total. The molecule has 0 fully saturated rings. The van der Waals surface area contributed by atoms with E-state index in [4.69, 9.17) is 27.4 Å². The van der Waals surface area contributed by atoms with Crippen LogP contribution in [0.2, 0.25) is 0 Å². The topological polar surface area (TPSA) is 64.8 Å². The van der Waals surface area contributed by atoms with Crippen LogP contribution in [0.15, 0.2) is 24.3 Å². The fraction of sp³-hybridized carbons (Fsp3) is 0.467. The van der Waals surface area contributed by atoms with Gasteiger partial charge in [0, 0.05) is 27.1 Å². The molecule has 0 spiro atoms. The van der Waals surface area contributed by atoms with Gasteiger partial charge >= 0.3 is 0 Å². The number of carbonyl (C=O) groups is 1. The SMILES string of the molecule is COCCc1ccc(OCC(=O)N(C)CCC(N)=S)cc1. The highest BCUT2D eigenvalue weighted by atomic mass is 32.1. The third-order valence-electron chi connectivity index (χ3n) is 3.00. The predicted molar refractivity (Wildman–Crippen MR) is 86.6 cm³/mol. The zero-order valence-corrected chi connectivity index (χ0v) is 13.3. The molecule has 0 aliphatic heterocycles. The van der Waals surface area contributed by atoms with Crippen LogP contribution in [0.4, 0.5) is 0 Å². The van der Waals surface area contributed by atoms with E-state index in [2.05, 4.69) is 0 Å². The number of likely N-dealkylation sites (N-methyl/N-ethyl adjacent to an activating group) is 1. The second-order valence-electron chi connectivity index (χ2n) is 4.71. The highest BCUT2D eigenvalue weighted by Crippen LogP contribution is 2.12. The zero-order valence-electron chi connectivity index (χ0n) is 12.5. The summed E-state index contributed by atoms with van der Waals surface area (Å²) in [7, 11) is 3.38. The Kier molecular flexibility index (Phi) is 7.71. The lowest BCUT2D eigenvalue weighted by Crippen LogP contribution is -2.33. The van der Waals surface area contributed by atoms with Crippen molar-refractivity contribution in [2.75, 3.05) is 33.9 Å². The monoisotopic (exact) mass is 310 g/mol. The minimum absolute atomic E-state index is 0.00521. The van der Waals surface area contributed by atoms with Crippen molar-refractivity contribution in [2.24, 2.45) is 5.73 Å². The van der Waals surface area contributed by atoms with Gasteiger partial charge in [-0.3, -0.25) is 4.79 Å². The van der Waals surface area contributed by atoms with E-state index in [0.29, 0.717) is 30.3 Å². The molecule has 0 atom stereocenters. The lowest BCUT2D eigenvalue weighted by atomic mass is 10.1. The molecule has 1 amide bonds. The van der Waals surface area contributed by atoms with Gasteiger partial charge in [0.15, 0.2) is 6.61 Å². The molecule has 0 aromatic heterocycles.